The van der Waals surface area contributed by atoms with Crippen LogP contribution in [0.5, 0.6) is 5.75 Å². The van der Waals surface area contributed by atoms with Crippen molar-refractivity contribution in [3.63, 3.8) is 0 Å². The first kappa shape index (κ1) is 15.4. The summed E-state index contributed by atoms with van der Waals surface area (Å²) in [5.41, 5.74) is 3.24. The molecule has 112 valence electrons. The molecule has 0 bridgehead atoms. The molecular weight excluding hydrogens is 262 g/mol. The standard InChI is InChI=1S/C18H23NO2/c1-4-17(20)14-9-11-16(12-10-14)19(2)13-15-7-5-6-8-18(15)21-3/h5-12,17,20H,4,13H2,1-3H3/t17-/m0/s1. The number of anilines is 1. The lowest BCUT2D eigenvalue weighted by Gasteiger charge is -2.21. The predicted molar refractivity (Wildman–Crippen MR) is 86.8 cm³/mol. The smallest absolute Gasteiger partial charge is 0.123 e. The minimum absolute atomic E-state index is 0.376. The predicted octanol–water partition coefficient (Wildman–Crippen LogP) is 3.78. The lowest BCUT2D eigenvalue weighted by molar-refractivity contribution is 0.173. The Balaban J connectivity index is 2.11. The Morgan fingerprint density at radius 3 is 2.38 bits per heavy atom. The average molecular weight is 285 g/mol. The van der Waals surface area contributed by atoms with E-state index in [0.717, 1.165) is 35.5 Å². The third-order valence-corrected chi connectivity index (χ3v) is 3.71. The highest BCUT2D eigenvalue weighted by molar-refractivity contribution is 5.49. The molecule has 0 saturated heterocycles. The topological polar surface area (TPSA) is 32.7 Å². The van der Waals surface area contributed by atoms with Crippen LogP contribution in [0.15, 0.2) is 48.5 Å². The Labute approximate surface area is 126 Å². The van der Waals surface area contributed by atoms with Gasteiger partial charge >= 0.3 is 0 Å². The van der Waals surface area contributed by atoms with Crippen molar-refractivity contribution in [2.75, 3.05) is 19.1 Å². The minimum atomic E-state index is -0.376. The molecule has 2 aromatic rings. The molecule has 0 heterocycles. The summed E-state index contributed by atoms with van der Waals surface area (Å²) in [5.74, 6) is 0.905. The molecule has 1 N–H and O–H groups in total. The quantitative estimate of drug-likeness (QED) is 0.877. The van der Waals surface area contributed by atoms with Crippen LogP contribution in [0.1, 0.15) is 30.6 Å². The van der Waals surface area contributed by atoms with Gasteiger partial charge in [-0.1, -0.05) is 37.3 Å². The summed E-state index contributed by atoms with van der Waals surface area (Å²) < 4.78 is 5.39. The fourth-order valence-electron chi connectivity index (χ4n) is 2.37. The van der Waals surface area contributed by atoms with Crippen molar-refractivity contribution in [1.82, 2.24) is 0 Å². The number of aliphatic hydroxyl groups excluding tert-OH is 1. The second kappa shape index (κ2) is 7.14. The SMILES string of the molecule is CC[C@H](O)c1ccc(N(C)Cc2ccccc2OC)cc1. The van der Waals surface area contributed by atoms with Crippen molar-refractivity contribution < 1.29 is 9.84 Å². The van der Waals surface area contributed by atoms with Gasteiger partial charge in [-0.05, 0) is 30.2 Å². The van der Waals surface area contributed by atoms with Gasteiger partial charge in [-0.3, -0.25) is 0 Å². The Bertz CT molecular complexity index is 566. The number of hydrogen-bond donors (Lipinski definition) is 1. The van der Waals surface area contributed by atoms with E-state index in [1.807, 2.05) is 49.4 Å². The molecule has 1 atom stereocenters. The number of aliphatic hydroxyl groups is 1. The van der Waals surface area contributed by atoms with Crippen LogP contribution >= 0.6 is 0 Å². The molecule has 0 aliphatic heterocycles. The van der Waals surface area contributed by atoms with Crippen LogP contribution in [0.3, 0.4) is 0 Å². The molecule has 2 rings (SSSR count). The average Bonchev–Trinajstić information content (AvgIpc) is 2.54. The van der Waals surface area contributed by atoms with Gasteiger partial charge in [0.1, 0.15) is 5.75 Å². The van der Waals surface area contributed by atoms with E-state index in [0.29, 0.717) is 0 Å². The molecule has 0 fully saturated rings. The van der Waals surface area contributed by atoms with Gasteiger partial charge in [-0.2, -0.15) is 0 Å². The summed E-state index contributed by atoms with van der Waals surface area (Å²) in [5, 5.41) is 9.83. The number of para-hydroxylation sites is 1. The molecule has 0 saturated carbocycles. The van der Waals surface area contributed by atoms with Gasteiger partial charge in [0.25, 0.3) is 0 Å². The first-order valence-corrected chi connectivity index (χ1v) is 7.26. The van der Waals surface area contributed by atoms with Gasteiger partial charge in [0, 0.05) is 24.8 Å². The number of rotatable bonds is 6. The normalized spacial score (nSPS) is 12.0. The van der Waals surface area contributed by atoms with Crippen molar-refractivity contribution in [3.05, 3.63) is 59.7 Å². The molecule has 0 spiro atoms. The van der Waals surface area contributed by atoms with Crippen LogP contribution in [0.25, 0.3) is 0 Å². The first-order valence-electron chi connectivity index (χ1n) is 7.26. The molecule has 0 unspecified atom stereocenters. The van der Waals surface area contributed by atoms with Gasteiger partial charge < -0.3 is 14.7 Å². The van der Waals surface area contributed by atoms with E-state index in [1.54, 1.807) is 7.11 Å². The van der Waals surface area contributed by atoms with Gasteiger partial charge in [0.15, 0.2) is 0 Å². The Kier molecular flexibility index (Phi) is 5.23. The Morgan fingerprint density at radius 2 is 1.76 bits per heavy atom. The molecule has 3 heteroatoms. The summed E-state index contributed by atoms with van der Waals surface area (Å²) in [6.07, 6.45) is 0.356. The third-order valence-electron chi connectivity index (χ3n) is 3.71. The van der Waals surface area contributed by atoms with Crippen LogP contribution in [-0.4, -0.2) is 19.3 Å². The first-order chi connectivity index (χ1) is 10.2. The third kappa shape index (κ3) is 3.76. The molecule has 2 aromatic carbocycles. The lowest BCUT2D eigenvalue weighted by atomic mass is 10.1. The summed E-state index contributed by atoms with van der Waals surface area (Å²) >= 11 is 0. The highest BCUT2D eigenvalue weighted by Gasteiger charge is 2.08. The maximum absolute atomic E-state index is 9.83. The molecule has 0 aliphatic carbocycles. The minimum Gasteiger partial charge on any atom is -0.496 e. The van der Waals surface area contributed by atoms with E-state index < -0.39 is 0 Å². The number of nitrogens with zero attached hydrogens (tertiary/aromatic N) is 1. The molecule has 0 aromatic heterocycles. The maximum Gasteiger partial charge on any atom is 0.123 e. The maximum atomic E-state index is 9.83. The van der Waals surface area contributed by atoms with Gasteiger partial charge in [0.2, 0.25) is 0 Å². The van der Waals surface area contributed by atoms with Crippen molar-refractivity contribution in [2.45, 2.75) is 26.0 Å². The summed E-state index contributed by atoms with van der Waals surface area (Å²) in [6, 6.07) is 16.1. The van der Waals surface area contributed by atoms with Gasteiger partial charge in [0.05, 0.1) is 13.2 Å². The number of ether oxygens (including phenoxy) is 1. The van der Waals surface area contributed by atoms with E-state index in [1.165, 1.54) is 0 Å². The summed E-state index contributed by atoms with van der Waals surface area (Å²) in [6.45, 7) is 2.76. The second-order valence-corrected chi connectivity index (χ2v) is 5.18. The van der Waals surface area contributed by atoms with E-state index in [4.69, 9.17) is 4.74 Å². The van der Waals surface area contributed by atoms with E-state index >= 15 is 0 Å². The Morgan fingerprint density at radius 1 is 1.10 bits per heavy atom. The zero-order chi connectivity index (χ0) is 15.2. The Hall–Kier alpha value is -2.00. The highest BCUT2D eigenvalue weighted by atomic mass is 16.5. The summed E-state index contributed by atoms with van der Waals surface area (Å²) in [7, 11) is 3.75. The molecule has 0 aliphatic rings. The lowest BCUT2D eigenvalue weighted by Crippen LogP contribution is -2.16. The highest BCUT2D eigenvalue weighted by Crippen LogP contribution is 2.24. The molecule has 3 nitrogen and oxygen atoms in total. The van der Waals surface area contributed by atoms with Crippen LogP contribution in [0.4, 0.5) is 5.69 Å². The fourth-order valence-corrected chi connectivity index (χ4v) is 2.37. The number of benzene rings is 2. The zero-order valence-electron chi connectivity index (χ0n) is 12.9. The zero-order valence-corrected chi connectivity index (χ0v) is 12.9. The van der Waals surface area contributed by atoms with Gasteiger partial charge in [-0.25, -0.2) is 0 Å². The summed E-state index contributed by atoms with van der Waals surface area (Å²) in [4.78, 5) is 2.17. The van der Waals surface area contributed by atoms with Crippen molar-refractivity contribution in [1.29, 1.82) is 0 Å². The van der Waals surface area contributed by atoms with Crippen LogP contribution in [-0.2, 0) is 6.54 Å². The molecule has 0 radical (unpaired) electrons. The van der Waals surface area contributed by atoms with Crippen molar-refractivity contribution >= 4 is 5.69 Å². The number of methoxy groups -OCH3 is 1. The fraction of sp³-hybridized carbons (Fsp3) is 0.333. The second-order valence-electron chi connectivity index (χ2n) is 5.18. The molecule has 0 amide bonds. The molecular formula is C18H23NO2. The number of hydrogen-bond acceptors (Lipinski definition) is 3. The van der Waals surface area contributed by atoms with Crippen LogP contribution < -0.4 is 9.64 Å². The largest absolute Gasteiger partial charge is 0.496 e. The van der Waals surface area contributed by atoms with Crippen LogP contribution in [0.2, 0.25) is 0 Å². The van der Waals surface area contributed by atoms with Crippen LogP contribution in [0, 0.1) is 0 Å². The van der Waals surface area contributed by atoms with E-state index in [2.05, 4.69) is 18.0 Å². The van der Waals surface area contributed by atoms with Crippen molar-refractivity contribution in [3.8, 4) is 5.75 Å². The van der Waals surface area contributed by atoms with Gasteiger partial charge in [-0.15, -0.1) is 0 Å². The van der Waals surface area contributed by atoms with E-state index in [9.17, 15) is 5.11 Å². The monoisotopic (exact) mass is 285 g/mol. The molecule has 21 heavy (non-hydrogen) atoms. The van der Waals surface area contributed by atoms with E-state index in [-0.39, 0.29) is 6.10 Å². The van der Waals surface area contributed by atoms with Crippen molar-refractivity contribution in [2.24, 2.45) is 0 Å².